The Bertz CT molecular complexity index is 951. The van der Waals surface area contributed by atoms with Crippen LogP contribution in [0.15, 0.2) is 35.1 Å². The number of likely N-dealkylation sites (tertiary alicyclic amines) is 1. The summed E-state index contributed by atoms with van der Waals surface area (Å²) in [6, 6.07) is 9.77. The van der Waals surface area contributed by atoms with E-state index in [2.05, 4.69) is 10.00 Å². The number of nitrogens with zero attached hydrogens (tertiary/aromatic N) is 5. The number of aromatic nitrogens is 4. The summed E-state index contributed by atoms with van der Waals surface area (Å²) in [5, 5.41) is 4.40. The maximum absolute atomic E-state index is 13.3. The summed E-state index contributed by atoms with van der Waals surface area (Å²) >= 11 is 0. The predicted octanol–water partition coefficient (Wildman–Crippen LogP) is 2.41. The maximum atomic E-state index is 13.3. The smallest absolute Gasteiger partial charge is 0.284 e. The Labute approximate surface area is 146 Å². The molecule has 2 aromatic heterocycles. The van der Waals surface area contributed by atoms with Gasteiger partial charge < -0.3 is 0 Å². The summed E-state index contributed by atoms with van der Waals surface area (Å²) in [6.07, 6.45) is 3.71. The molecule has 0 spiro atoms. The summed E-state index contributed by atoms with van der Waals surface area (Å²) in [5.41, 5.74) is 2.88. The lowest BCUT2D eigenvalue weighted by Gasteiger charge is -2.27. The number of hydrogen-bond donors (Lipinski definition) is 0. The standard InChI is InChI=1S/C19H23N5O/c1-14-17-18(22(2)21-14)19(25)24(15-9-5-3-6-10-15)16(20-17)13-23-11-7-4-8-12-23/h3,5-6,9-10H,4,7-8,11-13H2,1-2H3. The highest BCUT2D eigenvalue weighted by Crippen LogP contribution is 2.18. The van der Waals surface area contributed by atoms with E-state index in [1.54, 1.807) is 16.3 Å². The van der Waals surface area contributed by atoms with Gasteiger partial charge in [-0.15, -0.1) is 0 Å². The van der Waals surface area contributed by atoms with Crippen LogP contribution in [0.2, 0.25) is 0 Å². The van der Waals surface area contributed by atoms with Crippen molar-refractivity contribution in [1.82, 2.24) is 24.2 Å². The zero-order valence-corrected chi connectivity index (χ0v) is 14.8. The van der Waals surface area contributed by atoms with Crippen LogP contribution in [0.25, 0.3) is 16.7 Å². The second-order valence-corrected chi connectivity index (χ2v) is 6.75. The molecule has 1 saturated heterocycles. The molecule has 1 aromatic carbocycles. The molecule has 0 unspecified atom stereocenters. The SMILES string of the molecule is Cc1nn(C)c2c(=O)n(-c3ccccc3)c(CN3CCCCC3)nc12. The molecule has 4 rings (SSSR count). The lowest BCUT2D eigenvalue weighted by atomic mass is 10.1. The average Bonchev–Trinajstić information content (AvgIpc) is 2.91. The van der Waals surface area contributed by atoms with Crippen LogP contribution in [-0.4, -0.2) is 37.3 Å². The van der Waals surface area contributed by atoms with E-state index in [-0.39, 0.29) is 5.56 Å². The molecule has 3 aromatic rings. The van der Waals surface area contributed by atoms with Crippen molar-refractivity contribution in [2.45, 2.75) is 32.7 Å². The molecule has 1 aliphatic heterocycles. The first-order valence-corrected chi connectivity index (χ1v) is 8.88. The summed E-state index contributed by atoms with van der Waals surface area (Å²) < 4.78 is 3.39. The van der Waals surface area contributed by atoms with Crippen molar-refractivity contribution in [3.8, 4) is 5.69 Å². The normalized spacial score (nSPS) is 15.8. The van der Waals surface area contributed by atoms with Gasteiger partial charge in [0.15, 0.2) is 5.52 Å². The molecule has 0 saturated carbocycles. The molecule has 130 valence electrons. The summed E-state index contributed by atoms with van der Waals surface area (Å²) in [5.74, 6) is 0.793. The Kier molecular flexibility index (Phi) is 4.13. The molecule has 0 amide bonds. The minimum Gasteiger partial charge on any atom is -0.296 e. The van der Waals surface area contributed by atoms with Crippen LogP contribution in [0.4, 0.5) is 0 Å². The van der Waals surface area contributed by atoms with E-state index in [4.69, 9.17) is 4.98 Å². The summed E-state index contributed by atoms with van der Waals surface area (Å²) in [4.78, 5) is 20.5. The van der Waals surface area contributed by atoms with Crippen LogP contribution in [0.3, 0.4) is 0 Å². The Balaban J connectivity index is 1.92. The van der Waals surface area contributed by atoms with Gasteiger partial charge >= 0.3 is 0 Å². The molecule has 3 heterocycles. The van der Waals surface area contributed by atoms with E-state index >= 15 is 0 Å². The Morgan fingerprint density at radius 1 is 1.08 bits per heavy atom. The van der Waals surface area contributed by atoms with Gasteiger partial charge in [-0.3, -0.25) is 18.9 Å². The highest BCUT2D eigenvalue weighted by atomic mass is 16.1. The zero-order chi connectivity index (χ0) is 17.4. The van der Waals surface area contributed by atoms with Gasteiger partial charge in [0, 0.05) is 7.05 Å². The molecule has 1 aliphatic rings. The van der Waals surface area contributed by atoms with Gasteiger partial charge in [0.05, 0.1) is 17.9 Å². The number of benzene rings is 1. The topological polar surface area (TPSA) is 56.0 Å². The number of fused-ring (bicyclic) bond motifs is 1. The van der Waals surface area contributed by atoms with Crippen LogP contribution >= 0.6 is 0 Å². The fraction of sp³-hybridized carbons (Fsp3) is 0.421. The third kappa shape index (κ3) is 2.87. The van der Waals surface area contributed by atoms with Crippen LogP contribution in [0.5, 0.6) is 0 Å². The second kappa shape index (κ2) is 6.44. The fourth-order valence-electron chi connectivity index (χ4n) is 3.69. The first-order valence-electron chi connectivity index (χ1n) is 8.88. The molecular weight excluding hydrogens is 314 g/mol. The van der Waals surface area contributed by atoms with Crippen molar-refractivity contribution in [3.05, 3.63) is 52.2 Å². The Morgan fingerprint density at radius 3 is 2.52 bits per heavy atom. The number of hydrogen-bond acceptors (Lipinski definition) is 4. The molecule has 0 bridgehead atoms. The summed E-state index contributed by atoms with van der Waals surface area (Å²) in [6.45, 7) is 4.73. The third-order valence-electron chi connectivity index (χ3n) is 4.92. The number of piperidine rings is 1. The van der Waals surface area contributed by atoms with Crippen molar-refractivity contribution < 1.29 is 0 Å². The zero-order valence-electron chi connectivity index (χ0n) is 14.8. The van der Waals surface area contributed by atoms with E-state index in [0.29, 0.717) is 17.6 Å². The lowest BCUT2D eigenvalue weighted by Crippen LogP contribution is -2.33. The van der Waals surface area contributed by atoms with Crippen LogP contribution in [-0.2, 0) is 13.6 Å². The minimum absolute atomic E-state index is 0.0497. The number of para-hydroxylation sites is 1. The van der Waals surface area contributed by atoms with Crippen molar-refractivity contribution >= 4 is 11.0 Å². The molecule has 0 radical (unpaired) electrons. The molecule has 25 heavy (non-hydrogen) atoms. The second-order valence-electron chi connectivity index (χ2n) is 6.75. The van der Waals surface area contributed by atoms with Crippen molar-refractivity contribution in [1.29, 1.82) is 0 Å². The van der Waals surface area contributed by atoms with Crippen LogP contribution in [0.1, 0.15) is 30.8 Å². The van der Waals surface area contributed by atoms with E-state index in [9.17, 15) is 4.79 Å². The van der Waals surface area contributed by atoms with Gasteiger partial charge in [-0.2, -0.15) is 5.10 Å². The fourth-order valence-corrected chi connectivity index (χ4v) is 3.69. The molecule has 0 N–H and O–H groups in total. The highest BCUT2D eigenvalue weighted by Gasteiger charge is 2.20. The molecule has 0 atom stereocenters. The Morgan fingerprint density at radius 2 is 1.80 bits per heavy atom. The van der Waals surface area contributed by atoms with Gasteiger partial charge in [-0.05, 0) is 45.0 Å². The van der Waals surface area contributed by atoms with Gasteiger partial charge in [-0.1, -0.05) is 24.6 Å². The van der Waals surface area contributed by atoms with Crippen LogP contribution in [0, 0.1) is 6.92 Å². The molecule has 1 fully saturated rings. The number of aryl methyl sites for hydroxylation is 2. The van der Waals surface area contributed by atoms with Gasteiger partial charge in [0.2, 0.25) is 0 Å². The van der Waals surface area contributed by atoms with Gasteiger partial charge in [0.1, 0.15) is 11.3 Å². The van der Waals surface area contributed by atoms with E-state index in [0.717, 1.165) is 30.3 Å². The van der Waals surface area contributed by atoms with Gasteiger partial charge in [0.25, 0.3) is 5.56 Å². The van der Waals surface area contributed by atoms with Crippen molar-refractivity contribution in [2.75, 3.05) is 13.1 Å². The Hall–Kier alpha value is -2.47. The molecule has 0 aliphatic carbocycles. The first-order chi connectivity index (χ1) is 12.1. The first kappa shape index (κ1) is 16.0. The van der Waals surface area contributed by atoms with Crippen LogP contribution < -0.4 is 5.56 Å². The lowest BCUT2D eigenvalue weighted by molar-refractivity contribution is 0.214. The van der Waals surface area contributed by atoms with Crippen molar-refractivity contribution in [2.24, 2.45) is 7.05 Å². The van der Waals surface area contributed by atoms with E-state index in [1.165, 1.54) is 19.3 Å². The third-order valence-corrected chi connectivity index (χ3v) is 4.92. The molecule has 6 nitrogen and oxygen atoms in total. The predicted molar refractivity (Wildman–Crippen MR) is 98.0 cm³/mol. The minimum atomic E-state index is -0.0497. The monoisotopic (exact) mass is 337 g/mol. The average molecular weight is 337 g/mol. The molecular formula is C19H23N5O. The van der Waals surface area contributed by atoms with Gasteiger partial charge in [-0.25, -0.2) is 4.98 Å². The number of rotatable bonds is 3. The maximum Gasteiger partial charge on any atom is 0.284 e. The molecule has 6 heteroatoms. The van der Waals surface area contributed by atoms with E-state index in [1.807, 2.05) is 37.3 Å². The summed E-state index contributed by atoms with van der Waals surface area (Å²) in [7, 11) is 1.80. The highest BCUT2D eigenvalue weighted by molar-refractivity contribution is 5.76. The van der Waals surface area contributed by atoms with E-state index < -0.39 is 0 Å². The largest absolute Gasteiger partial charge is 0.296 e. The van der Waals surface area contributed by atoms with Crippen molar-refractivity contribution in [3.63, 3.8) is 0 Å². The quantitative estimate of drug-likeness (QED) is 0.736.